The first-order chi connectivity index (χ1) is 9.00. The molecule has 2 aromatic heterocycles. The van der Waals surface area contributed by atoms with Crippen molar-refractivity contribution in [3.8, 4) is 0 Å². The van der Waals surface area contributed by atoms with Crippen molar-refractivity contribution in [1.29, 1.82) is 0 Å². The van der Waals surface area contributed by atoms with Gasteiger partial charge in [0.05, 0.1) is 16.1 Å². The standard InChI is InChI=1S/C13H17N3O2S/c1-7(2)9(13(17)18)4-14-12-11-10(15-6-16-12)8(3)5-19-11/h5-7,9H,4H2,1-3H3,(H,17,18)(H,14,15,16). The van der Waals surface area contributed by atoms with Gasteiger partial charge in [-0.3, -0.25) is 4.79 Å². The molecule has 5 nitrogen and oxygen atoms in total. The molecule has 2 heterocycles. The summed E-state index contributed by atoms with van der Waals surface area (Å²) in [4.78, 5) is 19.6. The number of aliphatic carboxylic acids is 1. The van der Waals surface area contributed by atoms with Crippen LogP contribution in [0.2, 0.25) is 0 Å². The largest absolute Gasteiger partial charge is 0.481 e. The van der Waals surface area contributed by atoms with Crippen molar-refractivity contribution in [1.82, 2.24) is 9.97 Å². The topological polar surface area (TPSA) is 75.1 Å². The molecule has 0 saturated carbocycles. The Hall–Kier alpha value is -1.69. The van der Waals surface area contributed by atoms with E-state index >= 15 is 0 Å². The molecule has 2 rings (SSSR count). The van der Waals surface area contributed by atoms with Gasteiger partial charge in [0.2, 0.25) is 0 Å². The first kappa shape index (κ1) is 13.7. The van der Waals surface area contributed by atoms with Crippen LogP contribution in [0.4, 0.5) is 5.82 Å². The molecule has 1 atom stereocenters. The van der Waals surface area contributed by atoms with Crippen molar-refractivity contribution >= 4 is 33.3 Å². The molecule has 0 aliphatic heterocycles. The van der Waals surface area contributed by atoms with E-state index in [1.54, 1.807) is 11.3 Å². The van der Waals surface area contributed by atoms with Gasteiger partial charge in [0.15, 0.2) is 0 Å². The fourth-order valence-electron chi connectivity index (χ4n) is 1.91. The minimum atomic E-state index is -0.782. The Morgan fingerprint density at radius 3 is 2.84 bits per heavy atom. The fraction of sp³-hybridized carbons (Fsp3) is 0.462. The van der Waals surface area contributed by atoms with E-state index in [4.69, 9.17) is 5.11 Å². The second-order valence-electron chi connectivity index (χ2n) is 4.89. The summed E-state index contributed by atoms with van der Waals surface area (Å²) < 4.78 is 0.980. The lowest BCUT2D eigenvalue weighted by Crippen LogP contribution is -2.27. The molecule has 2 N–H and O–H groups in total. The summed E-state index contributed by atoms with van der Waals surface area (Å²) in [5.41, 5.74) is 2.04. The quantitative estimate of drug-likeness (QED) is 0.880. The monoisotopic (exact) mass is 279 g/mol. The number of nitrogens with zero attached hydrogens (tertiary/aromatic N) is 2. The zero-order valence-electron chi connectivity index (χ0n) is 11.2. The molecule has 0 fully saturated rings. The molecule has 0 radical (unpaired) electrons. The zero-order valence-corrected chi connectivity index (χ0v) is 12.0. The lowest BCUT2D eigenvalue weighted by molar-refractivity contribution is -0.142. The van der Waals surface area contributed by atoms with Crippen LogP contribution in [0.1, 0.15) is 19.4 Å². The van der Waals surface area contributed by atoms with Crippen LogP contribution in [0, 0.1) is 18.8 Å². The lowest BCUT2D eigenvalue weighted by Gasteiger charge is -2.17. The van der Waals surface area contributed by atoms with E-state index in [9.17, 15) is 4.79 Å². The maximum atomic E-state index is 11.2. The van der Waals surface area contributed by atoms with Crippen LogP contribution >= 0.6 is 11.3 Å². The number of aromatic nitrogens is 2. The number of rotatable bonds is 5. The Bertz CT molecular complexity index is 595. The Kier molecular flexibility index (Phi) is 3.99. The van der Waals surface area contributed by atoms with Crippen molar-refractivity contribution in [2.75, 3.05) is 11.9 Å². The molecule has 0 amide bonds. The number of hydrogen-bond acceptors (Lipinski definition) is 5. The number of carboxylic acid groups (broad SMARTS) is 1. The van der Waals surface area contributed by atoms with Crippen molar-refractivity contribution in [2.24, 2.45) is 11.8 Å². The first-order valence-corrected chi connectivity index (χ1v) is 7.04. The summed E-state index contributed by atoms with van der Waals surface area (Å²) in [7, 11) is 0. The van der Waals surface area contributed by atoms with Gasteiger partial charge in [0, 0.05) is 6.54 Å². The van der Waals surface area contributed by atoms with E-state index < -0.39 is 11.9 Å². The third-order valence-corrected chi connectivity index (χ3v) is 4.24. The molecule has 1 unspecified atom stereocenters. The molecule has 102 valence electrons. The predicted octanol–water partition coefficient (Wildman–Crippen LogP) is 2.77. The van der Waals surface area contributed by atoms with Gasteiger partial charge >= 0.3 is 5.97 Å². The Morgan fingerprint density at radius 2 is 2.21 bits per heavy atom. The molecule has 0 spiro atoms. The number of aryl methyl sites for hydroxylation is 1. The highest BCUT2D eigenvalue weighted by Gasteiger charge is 2.21. The van der Waals surface area contributed by atoms with E-state index in [0.717, 1.165) is 21.6 Å². The van der Waals surface area contributed by atoms with Gasteiger partial charge in [0.1, 0.15) is 12.1 Å². The van der Waals surface area contributed by atoms with Gasteiger partial charge in [-0.15, -0.1) is 11.3 Å². The summed E-state index contributed by atoms with van der Waals surface area (Å²) in [5.74, 6) is -0.413. The van der Waals surface area contributed by atoms with Gasteiger partial charge in [0.25, 0.3) is 0 Å². The number of carboxylic acids is 1. The van der Waals surface area contributed by atoms with E-state index in [0.29, 0.717) is 6.54 Å². The Morgan fingerprint density at radius 1 is 1.47 bits per heavy atom. The van der Waals surface area contributed by atoms with Gasteiger partial charge < -0.3 is 10.4 Å². The molecule has 0 aromatic carbocycles. The van der Waals surface area contributed by atoms with Crippen LogP contribution < -0.4 is 5.32 Å². The molecule has 0 bridgehead atoms. The second-order valence-corrected chi connectivity index (χ2v) is 5.77. The Labute approximate surface area is 115 Å². The maximum absolute atomic E-state index is 11.2. The fourth-order valence-corrected chi connectivity index (χ4v) is 2.88. The van der Waals surface area contributed by atoms with E-state index in [1.807, 2.05) is 26.2 Å². The SMILES string of the molecule is Cc1csc2c(NCC(C(=O)O)C(C)C)ncnc12. The smallest absolute Gasteiger partial charge is 0.308 e. The number of thiophene rings is 1. The molecule has 2 aromatic rings. The van der Waals surface area contributed by atoms with Crippen LogP contribution in [0.5, 0.6) is 0 Å². The van der Waals surface area contributed by atoms with Crippen LogP contribution in [0.25, 0.3) is 10.2 Å². The number of anilines is 1. The molecule has 0 saturated heterocycles. The third kappa shape index (κ3) is 2.84. The van der Waals surface area contributed by atoms with Gasteiger partial charge in [-0.2, -0.15) is 0 Å². The van der Waals surface area contributed by atoms with Crippen molar-refractivity contribution in [2.45, 2.75) is 20.8 Å². The van der Waals surface area contributed by atoms with Gasteiger partial charge in [-0.05, 0) is 23.8 Å². The van der Waals surface area contributed by atoms with Gasteiger partial charge in [-0.25, -0.2) is 9.97 Å². The van der Waals surface area contributed by atoms with Crippen LogP contribution in [0.15, 0.2) is 11.7 Å². The summed E-state index contributed by atoms with van der Waals surface area (Å²) in [5, 5.41) is 14.3. The van der Waals surface area contributed by atoms with Crippen LogP contribution in [-0.4, -0.2) is 27.6 Å². The summed E-state index contributed by atoms with van der Waals surface area (Å²) in [6.07, 6.45) is 1.51. The normalized spacial score (nSPS) is 12.8. The molecular formula is C13H17N3O2S. The summed E-state index contributed by atoms with van der Waals surface area (Å²) in [6.45, 7) is 6.19. The maximum Gasteiger partial charge on any atom is 0.308 e. The van der Waals surface area contributed by atoms with Crippen molar-refractivity contribution in [3.63, 3.8) is 0 Å². The van der Waals surface area contributed by atoms with Crippen molar-refractivity contribution in [3.05, 3.63) is 17.3 Å². The highest BCUT2D eigenvalue weighted by atomic mass is 32.1. The average Bonchev–Trinajstić information content (AvgIpc) is 2.71. The van der Waals surface area contributed by atoms with E-state index in [2.05, 4.69) is 15.3 Å². The summed E-state index contributed by atoms with van der Waals surface area (Å²) in [6, 6.07) is 0. The number of carbonyl (C=O) groups is 1. The second kappa shape index (κ2) is 5.52. The van der Waals surface area contributed by atoms with Crippen molar-refractivity contribution < 1.29 is 9.90 Å². The van der Waals surface area contributed by atoms with E-state index in [-0.39, 0.29) is 5.92 Å². The number of hydrogen-bond donors (Lipinski definition) is 2. The number of nitrogens with one attached hydrogen (secondary N) is 1. The molecule has 19 heavy (non-hydrogen) atoms. The molecule has 6 heteroatoms. The molecule has 0 aliphatic carbocycles. The first-order valence-electron chi connectivity index (χ1n) is 6.16. The van der Waals surface area contributed by atoms with Gasteiger partial charge in [-0.1, -0.05) is 13.8 Å². The minimum Gasteiger partial charge on any atom is -0.481 e. The third-order valence-electron chi connectivity index (χ3n) is 3.14. The number of fused-ring (bicyclic) bond motifs is 1. The lowest BCUT2D eigenvalue weighted by atomic mass is 9.96. The van der Waals surface area contributed by atoms with E-state index in [1.165, 1.54) is 6.33 Å². The predicted molar refractivity (Wildman–Crippen MR) is 76.6 cm³/mol. The van der Waals surface area contributed by atoms with Crippen LogP contribution in [-0.2, 0) is 4.79 Å². The highest BCUT2D eigenvalue weighted by molar-refractivity contribution is 7.18. The minimum absolute atomic E-state index is 0.0763. The van der Waals surface area contributed by atoms with Crippen LogP contribution in [0.3, 0.4) is 0 Å². The average molecular weight is 279 g/mol. The highest BCUT2D eigenvalue weighted by Crippen LogP contribution is 2.28. The molecule has 0 aliphatic rings. The zero-order chi connectivity index (χ0) is 14.0. The Balaban J connectivity index is 2.20. The summed E-state index contributed by atoms with van der Waals surface area (Å²) >= 11 is 1.57. The molecular weight excluding hydrogens is 262 g/mol.